The Morgan fingerprint density at radius 2 is 2.15 bits per heavy atom. The van der Waals surface area contributed by atoms with E-state index in [0.717, 1.165) is 17.7 Å². The van der Waals surface area contributed by atoms with Crippen LogP contribution in [0.3, 0.4) is 0 Å². The molecule has 0 aromatic heterocycles. The minimum Gasteiger partial charge on any atom is -0.443 e. The summed E-state index contributed by atoms with van der Waals surface area (Å²) < 4.78 is 5.45. The van der Waals surface area contributed by atoms with Gasteiger partial charge in [0, 0.05) is 13.1 Å². The molecule has 110 valence electrons. The SMILES string of the molecule is CONCc1cccc2c1CCN2C(=O)OC(C)(C)C. The molecule has 1 aliphatic rings. The van der Waals surface area contributed by atoms with Gasteiger partial charge < -0.3 is 9.57 Å². The van der Waals surface area contributed by atoms with Gasteiger partial charge in [-0.3, -0.25) is 4.90 Å². The van der Waals surface area contributed by atoms with E-state index in [1.807, 2.05) is 39.0 Å². The van der Waals surface area contributed by atoms with Crippen LogP contribution in [0, 0.1) is 0 Å². The van der Waals surface area contributed by atoms with E-state index in [9.17, 15) is 4.79 Å². The lowest BCUT2D eigenvalue weighted by atomic mass is 10.1. The van der Waals surface area contributed by atoms with Crippen molar-refractivity contribution < 1.29 is 14.4 Å². The molecule has 1 aromatic rings. The lowest BCUT2D eigenvalue weighted by Crippen LogP contribution is -2.35. The zero-order chi connectivity index (χ0) is 14.8. The number of hydrogen-bond acceptors (Lipinski definition) is 4. The van der Waals surface area contributed by atoms with Crippen molar-refractivity contribution in [3.05, 3.63) is 29.3 Å². The predicted octanol–water partition coefficient (Wildman–Crippen LogP) is 2.64. The van der Waals surface area contributed by atoms with E-state index >= 15 is 0 Å². The highest BCUT2D eigenvalue weighted by molar-refractivity contribution is 5.90. The molecule has 5 nitrogen and oxygen atoms in total. The average molecular weight is 278 g/mol. The summed E-state index contributed by atoms with van der Waals surface area (Å²) in [5.74, 6) is 0. The molecule has 1 heterocycles. The van der Waals surface area contributed by atoms with Crippen molar-refractivity contribution in [1.29, 1.82) is 0 Å². The average Bonchev–Trinajstić information content (AvgIpc) is 2.78. The number of rotatable bonds is 3. The Balaban J connectivity index is 2.18. The second-order valence-electron chi connectivity index (χ2n) is 5.82. The van der Waals surface area contributed by atoms with E-state index in [0.29, 0.717) is 13.1 Å². The number of hydroxylamine groups is 1. The fourth-order valence-corrected chi connectivity index (χ4v) is 2.33. The van der Waals surface area contributed by atoms with Crippen LogP contribution in [0.4, 0.5) is 10.5 Å². The van der Waals surface area contributed by atoms with Crippen LogP contribution in [0.25, 0.3) is 0 Å². The van der Waals surface area contributed by atoms with Crippen molar-refractivity contribution in [3.8, 4) is 0 Å². The molecular weight excluding hydrogens is 256 g/mol. The second kappa shape index (κ2) is 5.81. The van der Waals surface area contributed by atoms with Gasteiger partial charge in [0.2, 0.25) is 0 Å². The lowest BCUT2D eigenvalue weighted by molar-refractivity contribution is 0.0584. The second-order valence-corrected chi connectivity index (χ2v) is 5.82. The molecular formula is C15H22N2O3. The van der Waals surface area contributed by atoms with Gasteiger partial charge >= 0.3 is 6.09 Å². The van der Waals surface area contributed by atoms with Gasteiger partial charge in [-0.05, 0) is 44.4 Å². The topological polar surface area (TPSA) is 50.8 Å². The first-order chi connectivity index (χ1) is 9.42. The first-order valence-electron chi connectivity index (χ1n) is 6.79. The molecule has 2 rings (SSSR count). The van der Waals surface area contributed by atoms with Gasteiger partial charge in [0.05, 0.1) is 12.8 Å². The van der Waals surface area contributed by atoms with E-state index in [-0.39, 0.29) is 6.09 Å². The highest BCUT2D eigenvalue weighted by atomic mass is 16.6. The van der Waals surface area contributed by atoms with E-state index in [1.54, 1.807) is 12.0 Å². The fraction of sp³-hybridized carbons (Fsp3) is 0.533. The van der Waals surface area contributed by atoms with Crippen LogP contribution < -0.4 is 10.4 Å². The summed E-state index contributed by atoms with van der Waals surface area (Å²) in [5.41, 5.74) is 5.64. The number of carbonyl (C=O) groups excluding carboxylic acids is 1. The molecule has 1 amide bonds. The van der Waals surface area contributed by atoms with Gasteiger partial charge in [0.25, 0.3) is 0 Å². The number of carbonyl (C=O) groups is 1. The van der Waals surface area contributed by atoms with Gasteiger partial charge in [-0.1, -0.05) is 12.1 Å². The number of nitrogens with one attached hydrogen (secondary N) is 1. The normalized spacial score (nSPS) is 14.3. The molecule has 0 saturated heterocycles. The summed E-state index contributed by atoms with van der Waals surface area (Å²) in [7, 11) is 1.59. The molecule has 0 spiro atoms. The van der Waals surface area contributed by atoms with Crippen molar-refractivity contribution in [2.45, 2.75) is 39.3 Å². The number of benzene rings is 1. The first-order valence-corrected chi connectivity index (χ1v) is 6.79. The van der Waals surface area contributed by atoms with Crippen molar-refractivity contribution in [3.63, 3.8) is 0 Å². The van der Waals surface area contributed by atoms with E-state index in [1.165, 1.54) is 5.56 Å². The smallest absolute Gasteiger partial charge is 0.414 e. The third-order valence-corrected chi connectivity index (χ3v) is 3.15. The molecule has 0 aliphatic carbocycles. The third-order valence-electron chi connectivity index (χ3n) is 3.15. The summed E-state index contributed by atoms with van der Waals surface area (Å²) in [5, 5.41) is 0. The highest BCUT2D eigenvalue weighted by Crippen LogP contribution is 2.31. The number of anilines is 1. The summed E-state index contributed by atoms with van der Waals surface area (Å²) in [4.78, 5) is 18.8. The van der Waals surface area contributed by atoms with Crippen LogP contribution in [-0.2, 0) is 22.5 Å². The monoisotopic (exact) mass is 278 g/mol. The summed E-state index contributed by atoms with van der Waals surface area (Å²) in [6, 6.07) is 5.96. The van der Waals surface area contributed by atoms with Gasteiger partial charge in [-0.25, -0.2) is 4.79 Å². The summed E-state index contributed by atoms with van der Waals surface area (Å²) >= 11 is 0. The minimum atomic E-state index is -0.477. The van der Waals surface area contributed by atoms with Crippen LogP contribution in [0.1, 0.15) is 31.9 Å². The fourth-order valence-electron chi connectivity index (χ4n) is 2.33. The van der Waals surface area contributed by atoms with Crippen LogP contribution in [-0.4, -0.2) is 25.3 Å². The van der Waals surface area contributed by atoms with Gasteiger partial charge in [0.1, 0.15) is 5.60 Å². The maximum absolute atomic E-state index is 12.2. The molecule has 0 saturated carbocycles. The number of hydrogen-bond donors (Lipinski definition) is 1. The Kier molecular flexibility index (Phi) is 4.30. The molecule has 0 bridgehead atoms. The number of fused-ring (bicyclic) bond motifs is 1. The molecule has 1 aliphatic heterocycles. The number of ether oxygens (including phenoxy) is 1. The first kappa shape index (κ1) is 14.8. The molecule has 5 heteroatoms. The molecule has 20 heavy (non-hydrogen) atoms. The Morgan fingerprint density at radius 3 is 2.80 bits per heavy atom. The Morgan fingerprint density at radius 1 is 1.40 bits per heavy atom. The molecule has 0 radical (unpaired) electrons. The highest BCUT2D eigenvalue weighted by Gasteiger charge is 2.29. The molecule has 0 fully saturated rings. The van der Waals surface area contributed by atoms with Gasteiger partial charge in [-0.2, -0.15) is 5.48 Å². The van der Waals surface area contributed by atoms with Crippen molar-refractivity contribution in [1.82, 2.24) is 5.48 Å². The zero-order valence-electron chi connectivity index (χ0n) is 12.5. The summed E-state index contributed by atoms with van der Waals surface area (Å²) in [6.45, 7) is 6.92. The van der Waals surface area contributed by atoms with Crippen molar-refractivity contribution in [2.75, 3.05) is 18.6 Å². The Labute approximate surface area is 119 Å². The molecule has 0 atom stereocenters. The maximum atomic E-state index is 12.2. The standard InChI is InChI=1S/C15H22N2O3/c1-15(2,3)20-14(18)17-9-8-12-11(10-16-19-4)6-5-7-13(12)17/h5-7,16H,8-10H2,1-4H3. The van der Waals surface area contributed by atoms with Crippen LogP contribution in [0.2, 0.25) is 0 Å². The van der Waals surface area contributed by atoms with Crippen molar-refractivity contribution in [2.24, 2.45) is 0 Å². The van der Waals surface area contributed by atoms with E-state index in [4.69, 9.17) is 9.57 Å². The lowest BCUT2D eigenvalue weighted by Gasteiger charge is -2.24. The van der Waals surface area contributed by atoms with E-state index < -0.39 is 5.60 Å². The Bertz CT molecular complexity index is 494. The van der Waals surface area contributed by atoms with Crippen LogP contribution >= 0.6 is 0 Å². The zero-order valence-corrected chi connectivity index (χ0v) is 12.5. The number of amides is 1. The van der Waals surface area contributed by atoms with Crippen molar-refractivity contribution >= 4 is 11.8 Å². The van der Waals surface area contributed by atoms with Gasteiger partial charge in [-0.15, -0.1) is 0 Å². The predicted molar refractivity (Wildman–Crippen MR) is 77.6 cm³/mol. The number of nitrogens with zero attached hydrogens (tertiary/aromatic N) is 1. The summed E-state index contributed by atoms with van der Waals surface area (Å²) in [6.07, 6.45) is 0.559. The quantitative estimate of drug-likeness (QED) is 0.864. The molecule has 0 unspecified atom stereocenters. The van der Waals surface area contributed by atoms with Crippen LogP contribution in [0.15, 0.2) is 18.2 Å². The molecule has 1 aromatic carbocycles. The minimum absolute atomic E-state index is 0.284. The Hall–Kier alpha value is -1.59. The van der Waals surface area contributed by atoms with Gasteiger partial charge in [0.15, 0.2) is 0 Å². The maximum Gasteiger partial charge on any atom is 0.414 e. The largest absolute Gasteiger partial charge is 0.443 e. The third kappa shape index (κ3) is 3.29. The molecule has 1 N–H and O–H groups in total. The van der Waals surface area contributed by atoms with Crippen LogP contribution in [0.5, 0.6) is 0 Å². The van der Waals surface area contributed by atoms with E-state index in [2.05, 4.69) is 5.48 Å².